The van der Waals surface area contributed by atoms with E-state index in [1.54, 1.807) is 0 Å². The van der Waals surface area contributed by atoms with Crippen LogP contribution in [-0.4, -0.2) is 17.9 Å². The van der Waals surface area contributed by atoms with Gasteiger partial charge in [-0.3, -0.25) is 0 Å². The smallest absolute Gasteiger partial charge is 0.0183 e. The number of unbranched alkanes of at least 4 members (excludes halogenated alkanes) is 1. The first-order valence-electron chi connectivity index (χ1n) is 5.66. The number of halogens is 1. The van der Waals surface area contributed by atoms with E-state index in [4.69, 9.17) is 0 Å². The van der Waals surface area contributed by atoms with Gasteiger partial charge in [0, 0.05) is 11.4 Å². The van der Waals surface area contributed by atoms with E-state index < -0.39 is 0 Å². The van der Waals surface area contributed by atoms with Gasteiger partial charge in [-0.25, -0.2) is 0 Å². The van der Waals surface area contributed by atoms with Crippen LogP contribution in [0.1, 0.15) is 25.3 Å². The molecule has 1 unspecified atom stereocenters. The summed E-state index contributed by atoms with van der Waals surface area (Å²) in [6.45, 7) is 3.32. The molecule has 1 N–H and O–H groups in total. The Kier molecular flexibility index (Phi) is 6.69. The van der Waals surface area contributed by atoms with E-state index >= 15 is 0 Å². The Labute approximate surface area is 101 Å². The second-order valence-corrected chi connectivity index (χ2v) is 4.60. The molecule has 0 radical (unpaired) electrons. The number of rotatable bonds is 7. The molecule has 2 heteroatoms. The van der Waals surface area contributed by atoms with Crippen LogP contribution in [0, 0.1) is 0 Å². The topological polar surface area (TPSA) is 12.0 Å². The molecule has 0 aliphatic heterocycles. The van der Waals surface area contributed by atoms with E-state index in [0.29, 0.717) is 6.04 Å². The molecule has 0 aromatic heterocycles. The minimum absolute atomic E-state index is 0.585. The maximum atomic E-state index is 3.47. The lowest BCUT2D eigenvalue weighted by atomic mass is 10.1. The summed E-state index contributed by atoms with van der Waals surface area (Å²) in [6.07, 6.45) is 3.73. The van der Waals surface area contributed by atoms with Crippen LogP contribution in [0.25, 0.3) is 0 Å². The van der Waals surface area contributed by atoms with Crippen molar-refractivity contribution in [1.29, 1.82) is 0 Å². The monoisotopic (exact) mass is 269 g/mol. The summed E-state index contributed by atoms with van der Waals surface area (Å²) >= 11 is 3.46. The third-order valence-corrected chi connectivity index (χ3v) is 3.43. The van der Waals surface area contributed by atoms with Crippen molar-refractivity contribution in [2.45, 2.75) is 32.2 Å². The van der Waals surface area contributed by atoms with E-state index in [1.165, 1.54) is 24.8 Å². The summed E-state index contributed by atoms with van der Waals surface area (Å²) in [7, 11) is 0. The van der Waals surface area contributed by atoms with Crippen molar-refractivity contribution in [3.8, 4) is 0 Å². The highest BCUT2D eigenvalue weighted by molar-refractivity contribution is 9.09. The zero-order valence-electron chi connectivity index (χ0n) is 9.38. The maximum absolute atomic E-state index is 3.47. The van der Waals surface area contributed by atoms with Gasteiger partial charge >= 0.3 is 0 Å². The molecule has 0 saturated heterocycles. The third kappa shape index (κ3) is 5.95. The van der Waals surface area contributed by atoms with Gasteiger partial charge in [0.25, 0.3) is 0 Å². The molecule has 1 atom stereocenters. The summed E-state index contributed by atoms with van der Waals surface area (Å²) in [5, 5.41) is 4.51. The number of hydrogen-bond donors (Lipinski definition) is 1. The lowest BCUT2D eigenvalue weighted by Crippen LogP contribution is -2.28. The molecule has 1 aromatic rings. The summed E-state index contributed by atoms with van der Waals surface area (Å²) in [5.74, 6) is 0. The molecule has 0 spiro atoms. The number of hydrogen-bond acceptors (Lipinski definition) is 1. The van der Waals surface area contributed by atoms with Crippen molar-refractivity contribution >= 4 is 15.9 Å². The van der Waals surface area contributed by atoms with Crippen LogP contribution in [0.15, 0.2) is 30.3 Å². The Bertz CT molecular complexity index is 248. The first kappa shape index (κ1) is 12.7. The predicted octanol–water partition coefficient (Wildman–Crippen LogP) is 3.38. The molecule has 0 bridgehead atoms. The molecule has 1 rings (SSSR count). The summed E-state index contributed by atoms with van der Waals surface area (Å²) in [4.78, 5) is 0. The van der Waals surface area contributed by atoms with Crippen molar-refractivity contribution in [3.05, 3.63) is 35.9 Å². The lowest BCUT2D eigenvalue weighted by Gasteiger charge is -2.09. The van der Waals surface area contributed by atoms with Crippen molar-refractivity contribution in [2.75, 3.05) is 11.9 Å². The van der Waals surface area contributed by atoms with E-state index in [-0.39, 0.29) is 0 Å². The average molecular weight is 270 g/mol. The third-order valence-electron chi connectivity index (χ3n) is 2.46. The van der Waals surface area contributed by atoms with Gasteiger partial charge in [0.2, 0.25) is 0 Å². The molecule has 0 saturated carbocycles. The van der Waals surface area contributed by atoms with Crippen LogP contribution < -0.4 is 5.32 Å². The van der Waals surface area contributed by atoms with E-state index in [0.717, 1.165) is 11.9 Å². The minimum atomic E-state index is 0.585. The van der Waals surface area contributed by atoms with Crippen LogP contribution in [0.3, 0.4) is 0 Å². The largest absolute Gasteiger partial charge is 0.313 e. The molecule has 0 aliphatic carbocycles. The normalized spacial score (nSPS) is 12.7. The van der Waals surface area contributed by atoms with Gasteiger partial charge in [-0.1, -0.05) is 46.3 Å². The maximum Gasteiger partial charge on any atom is 0.0183 e. The van der Waals surface area contributed by atoms with Crippen LogP contribution in [-0.2, 0) is 6.42 Å². The molecule has 0 amide bonds. The number of aryl methyl sites for hydroxylation is 1. The summed E-state index contributed by atoms with van der Waals surface area (Å²) in [5.41, 5.74) is 1.45. The van der Waals surface area contributed by atoms with Gasteiger partial charge in [-0.2, -0.15) is 0 Å². The first-order valence-corrected chi connectivity index (χ1v) is 6.78. The Balaban J connectivity index is 2.03. The highest BCUT2D eigenvalue weighted by Crippen LogP contribution is 2.03. The molecular formula is C13H20BrN. The van der Waals surface area contributed by atoms with Crippen molar-refractivity contribution in [2.24, 2.45) is 0 Å². The molecule has 1 aromatic carbocycles. The molecule has 1 nitrogen and oxygen atoms in total. The van der Waals surface area contributed by atoms with Gasteiger partial charge in [0.15, 0.2) is 0 Å². The Morgan fingerprint density at radius 2 is 1.93 bits per heavy atom. The van der Waals surface area contributed by atoms with Gasteiger partial charge in [-0.05, 0) is 38.3 Å². The molecule has 0 aliphatic rings. The van der Waals surface area contributed by atoms with Crippen LogP contribution in [0.2, 0.25) is 0 Å². The fourth-order valence-electron chi connectivity index (χ4n) is 1.50. The van der Waals surface area contributed by atoms with Gasteiger partial charge < -0.3 is 5.32 Å². The average Bonchev–Trinajstić information content (AvgIpc) is 2.29. The molecular weight excluding hydrogens is 250 g/mol. The zero-order valence-corrected chi connectivity index (χ0v) is 11.0. The van der Waals surface area contributed by atoms with Crippen molar-refractivity contribution < 1.29 is 0 Å². The Morgan fingerprint density at radius 1 is 1.20 bits per heavy atom. The standard InChI is InChI=1S/C13H20BrN/c1-12(11-14)15-10-6-5-9-13-7-3-2-4-8-13/h2-4,7-8,12,15H,5-6,9-11H2,1H3. The molecule has 0 heterocycles. The van der Waals surface area contributed by atoms with Gasteiger partial charge in [0.1, 0.15) is 0 Å². The van der Waals surface area contributed by atoms with Crippen LogP contribution in [0.4, 0.5) is 0 Å². The van der Waals surface area contributed by atoms with Gasteiger partial charge in [-0.15, -0.1) is 0 Å². The highest BCUT2D eigenvalue weighted by Gasteiger charge is 1.97. The fraction of sp³-hybridized carbons (Fsp3) is 0.538. The highest BCUT2D eigenvalue weighted by atomic mass is 79.9. The van der Waals surface area contributed by atoms with Crippen molar-refractivity contribution in [1.82, 2.24) is 5.32 Å². The Hall–Kier alpha value is -0.340. The first-order chi connectivity index (χ1) is 7.33. The minimum Gasteiger partial charge on any atom is -0.313 e. The predicted molar refractivity (Wildman–Crippen MR) is 70.6 cm³/mol. The van der Waals surface area contributed by atoms with E-state index in [1.807, 2.05) is 0 Å². The van der Waals surface area contributed by atoms with Gasteiger partial charge in [0.05, 0.1) is 0 Å². The fourth-order valence-corrected chi connectivity index (χ4v) is 1.73. The number of nitrogens with one attached hydrogen (secondary N) is 1. The summed E-state index contributed by atoms with van der Waals surface area (Å²) < 4.78 is 0. The lowest BCUT2D eigenvalue weighted by molar-refractivity contribution is 0.564. The number of alkyl halides is 1. The SMILES string of the molecule is CC(CBr)NCCCCc1ccccc1. The quantitative estimate of drug-likeness (QED) is 0.591. The molecule has 84 valence electrons. The van der Waals surface area contributed by atoms with Crippen LogP contribution in [0.5, 0.6) is 0 Å². The van der Waals surface area contributed by atoms with E-state index in [9.17, 15) is 0 Å². The van der Waals surface area contributed by atoms with E-state index in [2.05, 4.69) is 58.5 Å². The molecule has 15 heavy (non-hydrogen) atoms. The second kappa shape index (κ2) is 7.89. The van der Waals surface area contributed by atoms with Crippen molar-refractivity contribution in [3.63, 3.8) is 0 Å². The second-order valence-electron chi connectivity index (χ2n) is 3.95. The molecule has 0 fully saturated rings. The Morgan fingerprint density at radius 3 is 2.60 bits per heavy atom. The summed E-state index contributed by atoms with van der Waals surface area (Å²) in [6, 6.07) is 11.3. The number of benzene rings is 1. The van der Waals surface area contributed by atoms with Crippen LogP contribution >= 0.6 is 15.9 Å². The zero-order chi connectivity index (χ0) is 10.9.